The van der Waals surface area contributed by atoms with Crippen molar-refractivity contribution in [3.05, 3.63) is 53.1 Å². The smallest absolute Gasteiger partial charge is 0.333 e. The van der Waals surface area contributed by atoms with E-state index in [0.29, 0.717) is 33.9 Å². The molecule has 0 aromatic heterocycles. The Hall–Kier alpha value is -3.73. The van der Waals surface area contributed by atoms with Gasteiger partial charge >= 0.3 is 11.9 Å². The van der Waals surface area contributed by atoms with Gasteiger partial charge in [-0.15, -0.1) is 0 Å². The van der Waals surface area contributed by atoms with Gasteiger partial charge in [0.2, 0.25) is 0 Å². The first kappa shape index (κ1) is 22.6. The topological polar surface area (TPSA) is 107 Å². The summed E-state index contributed by atoms with van der Waals surface area (Å²) < 4.78 is 20.6. The van der Waals surface area contributed by atoms with Crippen LogP contribution in [-0.4, -0.2) is 40.4 Å². The van der Waals surface area contributed by atoms with Gasteiger partial charge in [0.25, 0.3) is 0 Å². The maximum absolute atomic E-state index is 12.7. The molecule has 30 heavy (non-hydrogen) atoms. The molecule has 1 N–H and O–H groups in total. The number of rotatable bonds is 9. The quantitative estimate of drug-likeness (QED) is 0.627. The van der Waals surface area contributed by atoms with Crippen LogP contribution in [0.3, 0.4) is 0 Å². The number of hydrogen-bond donors (Lipinski definition) is 1. The van der Waals surface area contributed by atoms with E-state index in [0.717, 1.165) is 0 Å². The number of carbonyl (C=O) groups is 2. The number of ether oxygens (including phenoxy) is 4. The minimum absolute atomic E-state index is 0.108. The molecule has 8 heteroatoms. The van der Waals surface area contributed by atoms with Gasteiger partial charge < -0.3 is 24.3 Å². The van der Waals surface area contributed by atoms with Crippen LogP contribution >= 0.6 is 0 Å². The lowest BCUT2D eigenvalue weighted by Gasteiger charge is -2.23. The number of esters is 2. The number of benzene rings is 2. The zero-order valence-electron chi connectivity index (χ0n) is 17.4. The van der Waals surface area contributed by atoms with Crippen LogP contribution in [0.5, 0.6) is 11.5 Å². The monoisotopic (exact) mass is 412 g/mol. The van der Waals surface area contributed by atoms with Crippen molar-refractivity contribution in [2.45, 2.75) is 18.9 Å². The molecule has 0 radical (unpaired) electrons. The highest BCUT2D eigenvalue weighted by molar-refractivity contribution is 5.82. The first-order valence-corrected chi connectivity index (χ1v) is 9.13. The predicted octanol–water partition coefficient (Wildman–Crippen LogP) is 3.01. The summed E-state index contributed by atoms with van der Waals surface area (Å²) >= 11 is 0. The second-order valence-corrected chi connectivity index (χ2v) is 6.26. The molecule has 1 unspecified atom stereocenters. The van der Waals surface area contributed by atoms with Crippen molar-refractivity contribution in [2.75, 3.05) is 33.8 Å². The summed E-state index contributed by atoms with van der Waals surface area (Å²) in [7, 11) is 5.62. The fourth-order valence-corrected chi connectivity index (χ4v) is 2.98. The van der Waals surface area contributed by atoms with E-state index >= 15 is 0 Å². The lowest BCUT2D eigenvalue weighted by atomic mass is 9.95. The summed E-state index contributed by atoms with van der Waals surface area (Å²) in [5.41, 5.74) is 2.31. The molecule has 0 saturated heterocycles. The minimum atomic E-state index is -0.903. The van der Waals surface area contributed by atoms with Crippen LogP contribution in [-0.2, 0) is 25.5 Å². The van der Waals surface area contributed by atoms with Crippen LogP contribution in [0.25, 0.3) is 0 Å². The Labute approximate surface area is 175 Å². The normalized spacial score (nSPS) is 11.0. The van der Waals surface area contributed by atoms with Gasteiger partial charge in [-0.25, -0.2) is 4.79 Å². The molecule has 0 amide bonds. The first-order chi connectivity index (χ1) is 14.5. The van der Waals surface area contributed by atoms with Gasteiger partial charge in [-0.3, -0.25) is 4.79 Å². The van der Waals surface area contributed by atoms with E-state index < -0.39 is 12.0 Å². The molecule has 158 valence electrons. The van der Waals surface area contributed by atoms with E-state index in [1.807, 2.05) is 6.07 Å². The maximum Gasteiger partial charge on any atom is 0.333 e. The number of methoxy groups -OCH3 is 4. The Balaban J connectivity index is 2.54. The van der Waals surface area contributed by atoms with Gasteiger partial charge in [0.15, 0.2) is 6.04 Å². The van der Waals surface area contributed by atoms with Crippen molar-refractivity contribution < 1.29 is 28.5 Å². The molecule has 0 spiro atoms. The minimum Gasteiger partial charge on any atom is -0.497 e. The number of nitriles is 1. The molecule has 0 aliphatic heterocycles. The van der Waals surface area contributed by atoms with Gasteiger partial charge in [0, 0.05) is 23.7 Å². The lowest BCUT2D eigenvalue weighted by molar-refractivity contribution is -0.142. The molecule has 2 rings (SSSR count). The van der Waals surface area contributed by atoms with Crippen molar-refractivity contribution >= 4 is 17.6 Å². The highest BCUT2D eigenvalue weighted by Gasteiger charge is 2.27. The number of carbonyl (C=O) groups excluding carboxylic acids is 2. The molecule has 0 fully saturated rings. The number of nitrogens with one attached hydrogen (secondary N) is 1. The molecule has 0 bridgehead atoms. The van der Waals surface area contributed by atoms with E-state index in [-0.39, 0.29) is 18.8 Å². The van der Waals surface area contributed by atoms with Crippen LogP contribution in [0, 0.1) is 11.3 Å². The Morgan fingerprint density at radius 1 is 1.03 bits per heavy atom. The van der Waals surface area contributed by atoms with E-state index in [1.54, 1.807) is 36.4 Å². The van der Waals surface area contributed by atoms with Gasteiger partial charge in [0.05, 0.1) is 40.1 Å². The standard InChI is InChI=1S/C22H24N2O6/c1-27-16-11-18(17(19(12-16)28-2)9-10-20(25)29-3)21(22(26)30-4)24-15-7-5-14(13-23)6-8-15/h5-8,11-12,21,24H,9-10H2,1-4H3. The zero-order chi connectivity index (χ0) is 22.1. The van der Waals surface area contributed by atoms with E-state index in [9.17, 15) is 9.59 Å². The molecule has 0 aliphatic carbocycles. The molecule has 0 heterocycles. The fourth-order valence-electron chi connectivity index (χ4n) is 2.98. The molecule has 1 atom stereocenters. The molecule has 0 saturated carbocycles. The molecular formula is C22H24N2O6. The van der Waals surface area contributed by atoms with Crippen LogP contribution < -0.4 is 14.8 Å². The Kier molecular flexibility index (Phi) is 8.06. The third-order valence-electron chi connectivity index (χ3n) is 4.55. The average Bonchev–Trinajstić information content (AvgIpc) is 2.80. The number of hydrogen-bond acceptors (Lipinski definition) is 8. The van der Waals surface area contributed by atoms with E-state index in [1.165, 1.54) is 28.4 Å². The maximum atomic E-state index is 12.7. The predicted molar refractivity (Wildman–Crippen MR) is 109 cm³/mol. The summed E-state index contributed by atoms with van der Waals surface area (Å²) in [4.78, 5) is 24.4. The molecule has 2 aromatic rings. The van der Waals surface area contributed by atoms with Crippen LogP contribution in [0.2, 0.25) is 0 Å². The summed E-state index contributed by atoms with van der Waals surface area (Å²) in [6.07, 6.45) is 0.397. The van der Waals surface area contributed by atoms with Crippen LogP contribution in [0.1, 0.15) is 29.2 Å². The molecule has 2 aromatic carbocycles. The highest BCUT2D eigenvalue weighted by atomic mass is 16.5. The molecule has 0 aliphatic rings. The third-order valence-corrected chi connectivity index (χ3v) is 4.55. The first-order valence-electron chi connectivity index (χ1n) is 9.13. The van der Waals surface area contributed by atoms with Crippen molar-refractivity contribution in [1.29, 1.82) is 5.26 Å². The van der Waals surface area contributed by atoms with E-state index in [4.69, 9.17) is 24.2 Å². The van der Waals surface area contributed by atoms with Gasteiger partial charge in [-0.05, 0) is 42.3 Å². The number of anilines is 1. The van der Waals surface area contributed by atoms with Crippen LogP contribution in [0.4, 0.5) is 5.69 Å². The highest BCUT2D eigenvalue weighted by Crippen LogP contribution is 2.35. The summed E-state index contributed by atoms with van der Waals surface area (Å²) in [5.74, 6) is 0.0467. The zero-order valence-corrected chi connectivity index (χ0v) is 17.4. The van der Waals surface area contributed by atoms with Crippen molar-refractivity contribution in [1.82, 2.24) is 0 Å². The molecular weight excluding hydrogens is 388 g/mol. The summed E-state index contributed by atoms with van der Waals surface area (Å²) in [5, 5.41) is 12.1. The summed E-state index contributed by atoms with van der Waals surface area (Å²) in [6, 6.07) is 11.2. The van der Waals surface area contributed by atoms with Crippen LogP contribution in [0.15, 0.2) is 36.4 Å². The second kappa shape index (κ2) is 10.7. The van der Waals surface area contributed by atoms with Crippen molar-refractivity contribution in [3.8, 4) is 17.6 Å². The second-order valence-electron chi connectivity index (χ2n) is 6.26. The number of nitrogens with zero attached hydrogens (tertiary/aromatic N) is 1. The van der Waals surface area contributed by atoms with E-state index in [2.05, 4.69) is 5.32 Å². The Morgan fingerprint density at radius 2 is 1.73 bits per heavy atom. The van der Waals surface area contributed by atoms with Gasteiger partial charge in [0.1, 0.15) is 11.5 Å². The lowest BCUT2D eigenvalue weighted by Crippen LogP contribution is -2.24. The Morgan fingerprint density at radius 3 is 2.27 bits per heavy atom. The SMILES string of the molecule is COC(=O)CCc1c(OC)cc(OC)cc1C(Nc1ccc(C#N)cc1)C(=O)OC. The molecule has 8 nitrogen and oxygen atoms in total. The average molecular weight is 412 g/mol. The summed E-state index contributed by atoms with van der Waals surface area (Å²) in [6.45, 7) is 0. The largest absolute Gasteiger partial charge is 0.497 e. The van der Waals surface area contributed by atoms with Gasteiger partial charge in [-0.1, -0.05) is 0 Å². The van der Waals surface area contributed by atoms with Crippen molar-refractivity contribution in [3.63, 3.8) is 0 Å². The Bertz CT molecular complexity index is 934. The fraction of sp³-hybridized carbons (Fsp3) is 0.318. The third kappa shape index (κ3) is 5.41. The van der Waals surface area contributed by atoms with Crippen molar-refractivity contribution in [2.24, 2.45) is 0 Å². The van der Waals surface area contributed by atoms with Gasteiger partial charge in [-0.2, -0.15) is 5.26 Å².